The maximum atomic E-state index is 6.07. The summed E-state index contributed by atoms with van der Waals surface area (Å²) in [6.07, 6.45) is 0. The molecule has 0 aliphatic carbocycles. The molecule has 0 amide bonds. The molecule has 1 aromatic carbocycles. The second kappa shape index (κ2) is 6.43. The molecule has 112 valence electrons. The summed E-state index contributed by atoms with van der Waals surface area (Å²) in [7, 11) is 1.84. The van der Waals surface area contributed by atoms with Crippen molar-refractivity contribution >= 4 is 21.7 Å². The zero-order valence-electron chi connectivity index (χ0n) is 13.0. The summed E-state index contributed by atoms with van der Waals surface area (Å²) in [5.74, 6) is 3.26. The number of hydrogen-bond acceptors (Lipinski definition) is 4. The van der Waals surface area contributed by atoms with Crippen LogP contribution in [-0.2, 0) is 0 Å². The minimum Gasteiger partial charge on any atom is -0.438 e. The molecule has 0 saturated carbocycles. The molecule has 1 aromatic heterocycles. The van der Waals surface area contributed by atoms with Gasteiger partial charge in [-0.2, -0.15) is 4.98 Å². The Bertz CT molecular complexity index is 656. The van der Waals surface area contributed by atoms with Crippen LogP contribution >= 0.6 is 15.9 Å². The van der Waals surface area contributed by atoms with E-state index in [4.69, 9.17) is 4.74 Å². The lowest BCUT2D eigenvalue weighted by atomic mass is 10.0. The van der Waals surface area contributed by atoms with Crippen LogP contribution in [0.15, 0.2) is 22.7 Å². The molecule has 1 N–H and O–H groups in total. The summed E-state index contributed by atoms with van der Waals surface area (Å²) in [6.45, 7) is 8.10. The van der Waals surface area contributed by atoms with Crippen LogP contribution in [0.5, 0.6) is 11.6 Å². The van der Waals surface area contributed by atoms with E-state index in [-0.39, 0.29) is 0 Å². The lowest BCUT2D eigenvalue weighted by Crippen LogP contribution is -2.04. The molecule has 0 radical (unpaired) electrons. The quantitative estimate of drug-likeness (QED) is 0.859. The SMILES string of the molecule is CNc1nc(C)nc(Oc2ccc(Br)cc2C(C)C)c1C. The number of ether oxygens (including phenoxy) is 1. The van der Waals surface area contributed by atoms with Crippen molar-refractivity contribution in [2.24, 2.45) is 0 Å². The van der Waals surface area contributed by atoms with Crippen LogP contribution in [-0.4, -0.2) is 17.0 Å². The average Bonchev–Trinajstić information content (AvgIpc) is 2.44. The van der Waals surface area contributed by atoms with E-state index in [2.05, 4.69) is 51.1 Å². The molecule has 4 nitrogen and oxygen atoms in total. The third-order valence-corrected chi connectivity index (χ3v) is 3.74. The van der Waals surface area contributed by atoms with Crippen molar-refractivity contribution in [3.63, 3.8) is 0 Å². The van der Waals surface area contributed by atoms with Crippen molar-refractivity contribution in [2.45, 2.75) is 33.6 Å². The normalized spacial score (nSPS) is 10.8. The fourth-order valence-electron chi connectivity index (χ4n) is 2.11. The molecule has 0 unspecified atom stereocenters. The van der Waals surface area contributed by atoms with Crippen molar-refractivity contribution in [3.05, 3.63) is 39.6 Å². The van der Waals surface area contributed by atoms with Crippen molar-refractivity contribution < 1.29 is 4.74 Å². The van der Waals surface area contributed by atoms with Gasteiger partial charge in [-0.15, -0.1) is 0 Å². The van der Waals surface area contributed by atoms with Crippen molar-refractivity contribution in [1.29, 1.82) is 0 Å². The number of nitrogens with one attached hydrogen (secondary N) is 1. The van der Waals surface area contributed by atoms with Crippen molar-refractivity contribution in [1.82, 2.24) is 9.97 Å². The fourth-order valence-corrected chi connectivity index (χ4v) is 2.49. The van der Waals surface area contributed by atoms with Gasteiger partial charge in [-0.3, -0.25) is 0 Å². The molecule has 0 bridgehead atoms. The number of nitrogens with zero attached hydrogens (tertiary/aromatic N) is 2. The Labute approximate surface area is 134 Å². The first-order valence-corrected chi connectivity index (χ1v) is 7.72. The first kappa shape index (κ1) is 15.8. The van der Waals surface area contributed by atoms with Gasteiger partial charge in [0.25, 0.3) is 0 Å². The summed E-state index contributed by atoms with van der Waals surface area (Å²) in [6, 6.07) is 6.03. The number of halogens is 1. The van der Waals surface area contributed by atoms with Gasteiger partial charge in [0.05, 0.1) is 5.56 Å². The Morgan fingerprint density at radius 2 is 1.90 bits per heavy atom. The minimum atomic E-state index is 0.365. The van der Waals surface area contributed by atoms with Crippen LogP contribution < -0.4 is 10.1 Å². The van der Waals surface area contributed by atoms with E-state index in [0.717, 1.165) is 27.2 Å². The van der Waals surface area contributed by atoms with Gasteiger partial charge in [0.1, 0.15) is 17.4 Å². The average molecular weight is 350 g/mol. The standard InChI is InChI=1S/C16H20BrN3O/c1-9(2)13-8-12(17)6-7-14(13)21-16-10(3)15(18-5)19-11(4)20-16/h6-9H,1-5H3,(H,18,19,20). The molecule has 21 heavy (non-hydrogen) atoms. The molecule has 0 saturated heterocycles. The van der Waals surface area contributed by atoms with E-state index in [9.17, 15) is 0 Å². The zero-order chi connectivity index (χ0) is 15.6. The largest absolute Gasteiger partial charge is 0.438 e. The number of anilines is 1. The first-order valence-electron chi connectivity index (χ1n) is 6.92. The topological polar surface area (TPSA) is 47.0 Å². The number of aryl methyl sites for hydroxylation is 1. The molecular formula is C16H20BrN3O. The highest BCUT2D eigenvalue weighted by Gasteiger charge is 2.14. The van der Waals surface area contributed by atoms with Crippen LogP contribution in [0.2, 0.25) is 0 Å². The summed E-state index contributed by atoms with van der Waals surface area (Å²) in [4.78, 5) is 8.77. The summed E-state index contributed by atoms with van der Waals surface area (Å²) >= 11 is 3.51. The van der Waals surface area contributed by atoms with E-state index in [1.807, 2.05) is 33.0 Å². The molecule has 5 heteroatoms. The van der Waals surface area contributed by atoms with Gasteiger partial charge >= 0.3 is 0 Å². The molecule has 0 aliphatic heterocycles. The molecular weight excluding hydrogens is 330 g/mol. The highest BCUT2D eigenvalue weighted by Crippen LogP contribution is 2.34. The van der Waals surface area contributed by atoms with Gasteiger partial charge in [-0.1, -0.05) is 29.8 Å². The molecule has 2 rings (SSSR count). The van der Waals surface area contributed by atoms with Gasteiger partial charge < -0.3 is 10.1 Å². The number of rotatable bonds is 4. The molecule has 0 atom stereocenters. The number of hydrogen-bond donors (Lipinski definition) is 1. The van der Waals surface area contributed by atoms with E-state index in [0.29, 0.717) is 17.6 Å². The van der Waals surface area contributed by atoms with Crippen molar-refractivity contribution in [3.8, 4) is 11.6 Å². The maximum Gasteiger partial charge on any atom is 0.227 e. The number of aromatic nitrogens is 2. The Morgan fingerprint density at radius 3 is 2.52 bits per heavy atom. The number of benzene rings is 1. The van der Waals surface area contributed by atoms with Crippen LogP contribution in [0.4, 0.5) is 5.82 Å². The molecule has 0 aliphatic rings. The summed E-state index contributed by atoms with van der Waals surface area (Å²) in [5, 5.41) is 3.07. The minimum absolute atomic E-state index is 0.365. The molecule has 1 heterocycles. The Morgan fingerprint density at radius 1 is 1.19 bits per heavy atom. The highest BCUT2D eigenvalue weighted by atomic mass is 79.9. The molecule has 2 aromatic rings. The van der Waals surface area contributed by atoms with E-state index >= 15 is 0 Å². The smallest absolute Gasteiger partial charge is 0.227 e. The monoisotopic (exact) mass is 349 g/mol. The molecule has 0 fully saturated rings. The van der Waals surface area contributed by atoms with Gasteiger partial charge in [-0.25, -0.2) is 4.98 Å². The maximum absolute atomic E-state index is 6.07. The third-order valence-electron chi connectivity index (χ3n) is 3.25. The fraction of sp³-hybridized carbons (Fsp3) is 0.375. The lowest BCUT2D eigenvalue weighted by Gasteiger charge is -2.16. The summed E-state index contributed by atoms with van der Waals surface area (Å²) < 4.78 is 7.11. The van der Waals surface area contributed by atoms with Crippen LogP contribution in [0.1, 0.15) is 36.7 Å². The lowest BCUT2D eigenvalue weighted by molar-refractivity contribution is 0.448. The van der Waals surface area contributed by atoms with Gasteiger partial charge in [0.15, 0.2) is 0 Å². The predicted octanol–water partition coefficient (Wildman–Crippen LogP) is 4.81. The molecule has 0 spiro atoms. The van der Waals surface area contributed by atoms with Crippen LogP contribution in [0, 0.1) is 13.8 Å². The Kier molecular flexibility index (Phi) is 4.83. The van der Waals surface area contributed by atoms with Gasteiger partial charge in [0, 0.05) is 11.5 Å². The van der Waals surface area contributed by atoms with Crippen molar-refractivity contribution in [2.75, 3.05) is 12.4 Å². The Balaban J connectivity index is 2.45. The Hall–Kier alpha value is -1.62. The third kappa shape index (κ3) is 3.53. The van der Waals surface area contributed by atoms with Gasteiger partial charge in [0.2, 0.25) is 5.88 Å². The first-order chi connectivity index (χ1) is 9.92. The van der Waals surface area contributed by atoms with E-state index < -0.39 is 0 Å². The van der Waals surface area contributed by atoms with E-state index in [1.54, 1.807) is 0 Å². The summed E-state index contributed by atoms with van der Waals surface area (Å²) in [5.41, 5.74) is 2.05. The van der Waals surface area contributed by atoms with Crippen LogP contribution in [0.3, 0.4) is 0 Å². The second-order valence-corrected chi connectivity index (χ2v) is 6.15. The predicted molar refractivity (Wildman–Crippen MR) is 89.4 cm³/mol. The highest BCUT2D eigenvalue weighted by molar-refractivity contribution is 9.10. The zero-order valence-corrected chi connectivity index (χ0v) is 14.6. The van der Waals surface area contributed by atoms with Gasteiger partial charge in [-0.05, 0) is 43.5 Å². The van der Waals surface area contributed by atoms with E-state index in [1.165, 1.54) is 0 Å². The second-order valence-electron chi connectivity index (χ2n) is 5.24. The van der Waals surface area contributed by atoms with Crippen LogP contribution in [0.25, 0.3) is 0 Å².